The molecule has 0 bridgehead atoms. The summed E-state index contributed by atoms with van der Waals surface area (Å²) in [7, 11) is 1.72. The van der Waals surface area contributed by atoms with E-state index in [2.05, 4.69) is 39.9 Å². The van der Waals surface area contributed by atoms with Crippen LogP contribution in [-0.4, -0.2) is 31.8 Å². The van der Waals surface area contributed by atoms with E-state index in [1.54, 1.807) is 7.11 Å². The third-order valence-electron chi connectivity index (χ3n) is 2.64. The SMILES string of the molecule is COC(CN)CCNC(C)(C)CC(C)(C)C. The second-order valence-electron chi connectivity index (χ2n) is 6.43. The largest absolute Gasteiger partial charge is 0.380 e. The van der Waals surface area contributed by atoms with E-state index in [1.165, 1.54) is 0 Å². The second-order valence-corrected chi connectivity index (χ2v) is 6.43. The quantitative estimate of drug-likeness (QED) is 0.704. The summed E-state index contributed by atoms with van der Waals surface area (Å²) in [5, 5.41) is 3.58. The Balaban J connectivity index is 3.90. The lowest BCUT2D eigenvalue weighted by atomic mass is 9.82. The van der Waals surface area contributed by atoms with Gasteiger partial charge >= 0.3 is 0 Å². The molecule has 0 radical (unpaired) electrons. The van der Waals surface area contributed by atoms with Crippen molar-refractivity contribution >= 4 is 0 Å². The molecule has 1 unspecified atom stereocenters. The van der Waals surface area contributed by atoms with Gasteiger partial charge in [0.25, 0.3) is 0 Å². The first kappa shape index (κ1) is 15.9. The Labute approximate surface area is 101 Å². The minimum atomic E-state index is 0.172. The zero-order chi connectivity index (χ0) is 12.8. The Morgan fingerprint density at radius 1 is 1.19 bits per heavy atom. The van der Waals surface area contributed by atoms with Crippen LogP contribution in [0.1, 0.15) is 47.5 Å². The van der Waals surface area contributed by atoms with Crippen LogP contribution in [0, 0.1) is 5.41 Å². The van der Waals surface area contributed by atoms with Gasteiger partial charge in [0, 0.05) is 19.2 Å². The van der Waals surface area contributed by atoms with Gasteiger partial charge in [0.05, 0.1) is 6.10 Å². The molecule has 3 heteroatoms. The van der Waals surface area contributed by atoms with Crippen LogP contribution in [0.25, 0.3) is 0 Å². The average molecular weight is 230 g/mol. The van der Waals surface area contributed by atoms with Gasteiger partial charge < -0.3 is 15.8 Å². The number of ether oxygens (including phenoxy) is 1. The molecule has 0 saturated carbocycles. The van der Waals surface area contributed by atoms with Crippen molar-refractivity contribution in [2.24, 2.45) is 11.1 Å². The molecule has 0 aliphatic carbocycles. The Morgan fingerprint density at radius 2 is 1.75 bits per heavy atom. The molecule has 1 atom stereocenters. The zero-order valence-electron chi connectivity index (χ0n) is 11.9. The minimum Gasteiger partial charge on any atom is -0.380 e. The first-order valence-corrected chi connectivity index (χ1v) is 6.18. The van der Waals surface area contributed by atoms with Crippen molar-refractivity contribution in [2.45, 2.75) is 59.1 Å². The highest BCUT2D eigenvalue weighted by molar-refractivity contribution is 4.83. The molecule has 98 valence electrons. The first-order chi connectivity index (χ1) is 7.20. The Kier molecular flexibility index (Phi) is 6.53. The van der Waals surface area contributed by atoms with Crippen LogP contribution < -0.4 is 11.1 Å². The van der Waals surface area contributed by atoms with E-state index in [1.807, 2.05) is 0 Å². The first-order valence-electron chi connectivity index (χ1n) is 6.18. The Bertz CT molecular complexity index is 181. The highest BCUT2D eigenvalue weighted by Gasteiger charge is 2.24. The molecule has 0 saturated heterocycles. The normalized spacial score (nSPS) is 15.2. The van der Waals surface area contributed by atoms with Gasteiger partial charge in [-0.2, -0.15) is 0 Å². The number of methoxy groups -OCH3 is 1. The maximum atomic E-state index is 5.58. The van der Waals surface area contributed by atoms with E-state index >= 15 is 0 Å². The standard InChI is InChI=1S/C13H30N2O/c1-12(2,3)10-13(4,5)15-8-7-11(9-14)16-6/h11,15H,7-10,14H2,1-6H3. The van der Waals surface area contributed by atoms with Gasteiger partial charge in [-0.05, 0) is 38.6 Å². The van der Waals surface area contributed by atoms with Gasteiger partial charge in [-0.15, -0.1) is 0 Å². The van der Waals surface area contributed by atoms with Crippen LogP contribution in [0.5, 0.6) is 0 Å². The molecule has 0 aromatic rings. The molecule has 0 heterocycles. The number of rotatable bonds is 7. The fraction of sp³-hybridized carbons (Fsp3) is 1.00. The molecule has 0 aliphatic rings. The summed E-state index contributed by atoms with van der Waals surface area (Å²) in [4.78, 5) is 0. The third kappa shape index (κ3) is 8.08. The number of nitrogens with one attached hydrogen (secondary N) is 1. The molecule has 0 spiro atoms. The Morgan fingerprint density at radius 3 is 2.12 bits per heavy atom. The van der Waals surface area contributed by atoms with E-state index in [-0.39, 0.29) is 11.6 Å². The topological polar surface area (TPSA) is 47.3 Å². The average Bonchev–Trinajstić information content (AvgIpc) is 2.08. The lowest BCUT2D eigenvalue weighted by Crippen LogP contribution is -2.44. The van der Waals surface area contributed by atoms with Gasteiger partial charge in [-0.25, -0.2) is 0 Å². The van der Waals surface area contributed by atoms with Crippen molar-refractivity contribution in [1.29, 1.82) is 0 Å². The number of hydrogen-bond donors (Lipinski definition) is 2. The fourth-order valence-corrected chi connectivity index (χ4v) is 2.29. The van der Waals surface area contributed by atoms with Crippen molar-refractivity contribution in [3.63, 3.8) is 0 Å². The summed E-state index contributed by atoms with van der Waals surface area (Å²) in [6.07, 6.45) is 2.30. The summed E-state index contributed by atoms with van der Waals surface area (Å²) in [5.41, 5.74) is 6.11. The predicted octanol–water partition coefficient (Wildman–Crippen LogP) is 2.15. The molecule has 0 aromatic carbocycles. The third-order valence-corrected chi connectivity index (χ3v) is 2.64. The van der Waals surface area contributed by atoms with Gasteiger partial charge in [0.15, 0.2) is 0 Å². The van der Waals surface area contributed by atoms with Crippen molar-refractivity contribution in [2.75, 3.05) is 20.2 Å². The highest BCUT2D eigenvalue weighted by Crippen LogP contribution is 2.26. The van der Waals surface area contributed by atoms with Crippen molar-refractivity contribution in [1.82, 2.24) is 5.32 Å². The smallest absolute Gasteiger partial charge is 0.0705 e. The predicted molar refractivity (Wildman–Crippen MR) is 70.6 cm³/mol. The maximum Gasteiger partial charge on any atom is 0.0705 e. The second kappa shape index (κ2) is 6.58. The summed E-state index contributed by atoms with van der Waals surface area (Å²) < 4.78 is 5.25. The van der Waals surface area contributed by atoms with E-state index < -0.39 is 0 Å². The zero-order valence-corrected chi connectivity index (χ0v) is 11.9. The molecule has 16 heavy (non-hydrogen) atoms. The number of hydrogen-bond acceptors (Lipinski definition) is 3. The molecule has 0 amide bonds. The van der Waals surface area contributed by atoms with Crippen molar-refractivity contribution in [3.05, 3.63) is 0 Å². The molecule has 0 aliphatic heterocycles. The molecule has 0 aromatic heterocycles. The minimum absolute atomic E-state index is 0.172. The van der Waals surface area contributed by atoms with E-state index in [4.69, 9.17) is 10.5 Å². The molecular weight excluding hydrogens is 200 g/mol. The summed E-state index contributed by atoms with van der Waals surface area (Å²) >= 11 is 0. The van der Waals surface area contributed by atoms with Crippen molar-refractivity contribution < 1.29 is 4.74 Å². The van der Waals surface area contributed by atoms with Gasteiger partial charge in [-0.1, -0.05) is 20.8 Å². The molecule has 3 N–H and O–H groups in total. The van der Waals surface area contributed by atoms with Gasteiger partial charge in [0.2, 0.25) is 0 Å². The highest BCUT2D eigenvalue weighted by atomic mass is 16.5. The lowest BCUT2D eigenvalue weighted by Gasteiger charge is -2.34. The van der Waals surface area contributed by atoms with Crippen LogP contribution in [0.4, 0.5) is 0 Å². The van der Waals surface area contributed by atoms with Crippen molar-refractivity contribution in [3.8, 4) is 0 Å². The van der Waals surface area contributed by atoms with Crippen LogP contribution in [0.2, 0.25) is 0 Å². The summed E-state index contributed by atoms with van der Waals surface area (Å²) in [5.74, 6) is 0. The molecule has 0 rings (SSSR count). The van der Waals surface area contributed by atoms with E-state index in [0.29, 0.717) is 12.0 Å². The summed E-state index contributed by atoms with van der Waals surface area (Å²) in [6, 6.07) is 0. The number of nitrogens with two attached hydrogens (primary N) is 1. The van der Waals surface area contributed by atoms with Crippen LogP contribution in [-0.2, 0) is 4.74 Å². The van der Waals surface area contributed by atoms with Crippen LogP contribution >= 0.6 is 0 Å². The van der Waals surface area contributed by atoms with E-state index in [0.717, 1.165) is 19.4 Å². The summed E-state index contributed by atoms with van der Waals surface area (Å²) in [6.45, 7) is 12.9. The molecule has 3 nitrogen and oxygen atoms in total. The molecule has 0 fully saturated rings. The van der Waals surface area contributed by atoms with Gasteiger partial charge in [-0.3, -0.25) is 0 Å². The van der Waals surface area contributed by atoms with Crippen LogP contribution in [0.3, 0.4) is 0 Å². The van der Waals surface area contributed by atoms with E-state index in [9.17, 15) is 0 Å². The fourth-order valence-electron chi connectivity index (χ4n) is 2.29. The van der Waals surface area contributed by atoms with Gasteiger partial charge in [0.1, 0.15) is 0 Å². The Hall–Kier alpha value is -0.120. The molecular formula is C13H30N2O. The monoisotopic (exact) mass is 230 g/mol. The maximum absolute atomic E-state index is 5.58. The lowest BCUT2D eigenvalue weighted by molar-refractivity contribution is 0.0987. The van der Waals surface area contributed by atoms with Crippen LogP contribution in [0.15, 0.2) is 0 Å².